The molecule has 1 heterocycles. The van der Waals surface area contributed by atoms with Crippen molar-refractivity contribution >= 4 is 10.9 Å². The van der Waals surface area contributed by atoms with E-state index in [0.29, 0.717) is 23.4 Å². The van der Waals surface area contributed by atoms with E-state index in [1.165, 1.54) is 6.07 Å². The molecule has 0 saturated carbocycles. The monoisotopic (exact) mass is 350 g/mol. The Labute approximate surface area is 147 Å². The molecule has 3 unspecified atom stereocenters. The van der Waals surface area contributed by atoms with Crippen LogP contribution >= 0.6 is 0 Å². The molecule has 1 aromatic heterocycles. The highest BCUT2D eigenvalue weighted by molar-refractivity contribution is 5.82. The van der Waals surface area contributed by atoms with E-state index in [1.54, 1.807) is 12.1 Å². The molecule has 2 nitrogen and oxygen atoms in total. The summed E-state index contributed by atoms with van der Waals surface area (Å²) < 4.78 is 39.5. The van der Waals surface area contributed by atoms with Gasteiger partial charge < -0.3 is 5.32 Å². The lowest BCUT2D eigenvalue weighted by molar-refractivity contribution is -0.141. The number of benzene rings is 1. The van der Waals surface area contributed by atoms with Crippen LogP contribution in [0.25, 0.3) is 10.9 Å². The van der Waals surface area contributed by atoms with Crippen molar-refractivity contribution in [3.8, 4) is 0 Å². The first-order chi connectivity index (χ1) is 11.8. The molecular formula is C20H25F3N2. The summed E-state index contributed by atoms with van der Waals surface area (Å²) in [5, 5.41) is 4.29. The van der Waals surface area contributed by atoms with Gasteiger partial charge >= 0.3 is 6.18 Å². The average molecular weight is 350 g/mol. The summed E-state index contributed by atoms with van der Waals surface area (Å²) in [7, 11) is 0. The van der Waals surface area contributed by atoms with Gasteiger partial charge in [0.15, 0.2) is 0 Å². The van der Waals surface area contributed by atoms with Gasteiger partial charge in [0, 0.05) is 17.5 Å². The Balaban J connectivity index is 2.31. The summed E-state index contributed by atoms with van der Waals surface area (Å²) in [5.41, 5.74) is 0.213. The van der Waals surface area contributed by atoms with E-state index in [4.69, 9.17) is 0 Å². The van der Waals surface area contributed by atoms with Crippen LogP contribution in [0.4, 0.5) is 13.2 Å². The number of para-hydroxylation sites is 1. The van der Waals surface area contributed by atoms with Crippen molar-refractivity contribution in [2.45, 2.75) is 51.9 Å². The third-order valence-electron chi connectivity index (χ3n) is 4.56. The van der Waals surface area contributed by atoms with E-state index >= 15 is 0 Å². The number of nitrogens with one attached hydrogen (secondary N) is 1. The standard InChI is InChI=1S/C20H25F3N2/c1-5-13(3)17(6-2)24-14(4)11-15-12-19(20(21,22)23)25-18-10-8-7-9-16(15)18/h5,7-10,12-14,17,24H,1,6,11H2,2-4H3. The molecule has 0 fully saturated rings. The predicted molar refractivity (Wildman–Crippen MR) is 96.5 cm³/mol. The van der Waals surface area contributed by atoms with E-state index in [2.05, 4.69) is 30.7 Å². The summed E-state index contributed by atoms with van der Waals surface area (Å²) in [6, 6.07) is 8.46. The molecule has 2 rings (SSSR count). The van der Waals surface area contributed by atoms with Crippen LogP contribution in [-0.2, 0) is 12.6 Å². The minimum atomic E-state index is -4.45. The molecule has 0 aliphatic carbocycles. The molecule has 136 valence electrons. The number of alkyl halides is 3. The van der Waals surface area contributed by atoms with E-state index in [9.17, 15) is 13.2 Å². The molecular weight excluding hydrogens is 325 g/mol. The van der Waals surface area contributed by atoms with Crippen molar-refractivity contribution in [1.29, 1.82) is 0 Å². The third-order valence-corrected chi connectivity index (χ3v) is 4.56. The fraction of sp³-hybridized carbons (Fsp3) is 0.450. The topological polar surface area (TPSA) is 24.9 Å². The van der Waals surface area contributed by atoms with Gasteiger partial charge in [0.1, 0.15) is 5.69 Å². The number of hydrogen-bond acceptors (Lipinski definition) is 2. The smallest absolute Gasteiger partial charge is 0.311 e. The molecule has 1 aromatic carbocycles. The number of hydrogen-bond donors (Lipinski definition) is 1. The first-order valence-electron chi connectivity index (χ1n) is 8.60. The van der Waals surface area contributed by atoms with E-state index in [-0.39, 0.29) is 12.1 Å². The first kappa shape index (κ1) is 19.4. The largest absolute Gasteiger partial charge is 0.433 e. The summed E-state index contributed by atoms with van der Waals surface area (Å²) in [6.45, 7) is 10.0. The third kappa shape index (κ3) is 4.82. The second kappa shape index (κ2) is 8.00. The Morgan fingerprint density at radius 3 is 2.52 bits per heavy atom. The molecule has 0 bridgehead atoms. The van der Waals surface area contributed by atoms with Gasteiger partial charge in [-0.3, -0.25) is 0 Å². The van der Waals surface area contributed by atoms with Crippen LogP contribution in [-0.4, -0.2) is 17.1 Å². The molecule has 0 aliphatic heterocycles. The lowest BCUT2D eigenvalue weighted by atomic mass is 9.96. The zero-order valence-electron chi connectivity index (χ0n) is 14.9. The van der Waals surface area contributed by atoms with Gasteiger partial charge in [-0.1, -0.05) is 38.1 Å². The minimum Gasteiger partial charge on any atom is -0.311 e. The summed E-state index contributed by atoms with van der Waals surface area (Å²) in [6.07, 6.45) is -1.11. The highest BCUT2D eigenvalue weighted by Crippen LogP contribution is 2.31. The zero-order valence-corrected chi connectivity index (χ0v) is 14.9. The molecule has 25 heavy (non-hydrogen) atoms. The van der Waals surface area contributed by atoms with Crippen LogP contribution < -0.4 is 5.32 Å². The molecule has 0 radical (unpaired) electrons. The van der Waals surface area contributed by atoms with Gasteiger partial charge in [-0.25, -0.2) is 4.98 Å². The normalized spacial score (nSPS) is 15.8. The van der Waals surface area contributed by atoms with E-state index in [0.717, 1.165) is 11.8 Å². The number of nitrogens with zero attached hydrogens (tertiary/aromatic N) is 1. The number of pyridine rings is 1. The summed E-state index contributed by atoms with van der Waals surface area (Å²) in [5.74, 6) is 0.298. The van der Waals surface area contributed by atoms with Crippen LogP contribution in [0.3, 0.4) is 0 Å². The molecule has 5 heteroatoms. The van der Waals surface area contributed by atoms with Gasteiger partial charge in [-0.2, -0.15) is 13.2 Å². The average Bonchev–Trinajstić information content (AvgIpc) is 2.58. The Morgan fingerprint density at radius 2 is 1.92 bits per heavy atom. The number of halogens is 3. The predicted octanol–water partition coefficient (Wildman–Crippen LogP) is 5.37. The fourth-order valence-corrected chi connectivity index (χ4v) is 3.12. The molecule has 0 amide bonds. The van der Waals surface area contributed by atoms with Crippen molar-refractivity contribution in [2.75, 3.05) is 0 Å². The molecule has 0 spiro atoms. The number of aromatic nitrogens is 1. The van der Waals surface area contributed by atoms with Crippen molar-refractivity contribution in [3.63, 3.8) is 0 Å². The first-order valence-corrected chi connectivity index (χ1v) is 8.60. The number of fused-ring (bicyclic) bond motifs is 1. The Bertz CT molecular complexity index is 724. The van der Waals surface area contributed by atoms with Crippen molar-refractivity contribution in [3.05, 3.63) is 54.2 Å². The highest BCUT2D eigenvalue weighted by Gasteiger charge is 2.33. The Kier molecular flexibility index (Phi) is 6.22. The lowest BCUT2D eigenvalue weighted by Crippen LogP contribution is -2.40. The SMILES string of the molecule is C=CC(C)C(CC)NC(C)Cc1cc(C(F)(F)F)nc2ccccc12. The van der Waals surface area contributed by atoms with Crippen molar-refractivity contribution in [2.24, 2.45) is 5.92 Å². The maximum Gasteiger partial charge on any atom is 0.433 e. The van der Waals surface area contributed by atoms with Crippen LogP contribution in [0.15, 0.2) is 43.0 Å². The summed E-state index contributed by atoms with van der Waals surface area (Å²) >= 11 is 0. The van der Waals surface area contributed by atoms with Crippen LogP contribution in [0.2, 0.25) is 0 Å². The van der Waals surface area contributed by atoms with Gasteiger partial charge in [-0.15, -0.1) is 6.58 Å². The van der Waals surface area contributed by atoms with Crippen LogP contribution in [0, 0.1) is 5.92 Å². The Hall–Kier alpha value is -1.88. The van der Waals surface area contributed by atoms with Crippen molar-refractivity contribution in [1.82, 2.24) is 10.3 Å². The zero-order chi connectivity index (χ0) is 18.6. The highest BCUT2D eigenvalue weighted by atomic mass is 19.4. The second-order valence-corrected chi connectivity index (χ2v) is 6.56. The molecule has 0 saturated heterocycles. The lowest BCUT2D eigenvalue weighted by Gasteiger charge is -2.26. The van der Waals surface area contributed by atoms with Gasteiger partial charge in [0.25, 0.3) is 0 Å². The molecule has 1 N–H and O–H groups in total. The Morgan fingerprint density at radius 1 is 1.24 bits per heavy atom. The van der Waals surface area contributed by atoms with Gasteiger partial charge in [0.05, 0.1) is 5.52 Å². The van der Waals surface area contributed by atoms with Crippen LogP contribution in [0.1, 0.15) is 38.4 Å². The fourth-order valence-electron chi connectivity index (χ4n) is 3.12. The van der Waals surface area contributed by atoms with Crippen LogP contribution in [0.5, 0.6) is 0 Å². The summed E-state index contributed by atoms with van der Waals surface area (Å²) in [4.78, 5) is 3.77. The van der Waals surface area contributed by atoms with Gasteiger partial charge in [-0.05, 0) is 43.4 Å². The molecule has 3 atom stereocenters. The van der Waals surface area contributed by atoms with E-state index < -0.39 is 11.9 Å². The molecule has 2 aromatic rings. The second-order valence-electron chi connectivity index (χ2n) is 6.56. The van der Waals surface area contributed by atoms with Gasteiger partial charge in [0.2, 0.25) is 0 Å². The maximum absolute atomic E-state index is 13.2. The van der Waals surface area contributed by atoms with E-state index in [1.807, 2.05) is 25.1 Å². The van der Waals surface area contributed by atoms with Crippen molar-refractivity contribution < 1.29 is 13.2 Å². The minimum absolute atomic E-state index is 0.0410. The quantitative estimate of drug-likeness (QED) is 0.679. The molecule has 0 aliphatic rings. The number of rotatable bonds is 7. The maximum atomic E-state index is 13.2.